The van der Waals surface area contributed by atoms with Crippen molar-refractivity contribution in [2.24, 2.45) is 11.3 Å². The number of hydrogen-bond donors (Lipinski definition) is 1. The van der Waals surface area contributed by atoms with Crippen molar-refractivity contribution < 1.29 is 14.3 Å². The van der Waals surface area contributed by atoms with E-state index >= 15 is 0 Å². The molecule has 0 radical (unpaired) electrons. The van der Waals surface area contributed by atoms with E-state index < -0.39 is 0 Å². The molecular weight excluding hydrogens is 454 g/mol. The Morgan fingerprint density at radius 3 is 2.42 bits per heavy atom. The molecule has 8 nitrogen and oxygen atoms in total. The molecule has 3 aliphatic rings. The lowest BCUT2D eigenvalue weighted by Gasteiger charge is -2.40. The van der Waals surface area contributed by atoms with E-state index in [-0.39, 0.29) is 11.3 Å². The van der Waals surface area contributed by atoms with Gasteiger partial charge < -0.3 is 19.7 Å². The number of methoxy groups -OCH3 is 2. The first kappa shape index (κ1) is 27.6. The van der Waals surface area contributed by atoms with E-state index in [0.717, 1.165) is 91.0 Å². The molecule has 0 atom stereocenters. The number of hydrogen-bond acceptors (Lipinski definition) is 6. The van der Waals surface area contributed by atoms with Gasteiger partial charge in [0.2, 0.25) is 5.91 Å². The molecular formula is C28H49N5O3. The molecule has 1 aromatic rings. The van der Waals surface area contributed by atoms with Gasteiger partial charge in [0.05, 0.1) is 37.7 Å². The third kappa shape index (κ3) is 6.32. The number of likely N-dealkylation sites (N-methyl/N-ethyl adjacent to an activating group) is 2. The van der Waals surface area contributed by atoms with Gasteiger partial charge in [-0.15, -0.1) is 0 Å². The molecule has 1 amide bonds. The van der Waals surface area contributed by atoms with Gasteiger partial charge in [-0.05, 0) is 58.5 Å². The van der Waals surface area contributed by atoms with Gasteiger partial charge in [0.1, 0.15) is 0 Å². The minimum Gasteiger partial charge on any atom is -0.384 e. The van der Waals surface area contributed by atoms with Crippen molar-refractivity contribution in [1.29, 1.82) is 0 Å². The molecule has 0 spiro atoms. The van der Waals surface area contributed by atoms with Crippen molar-refractivity contribution in [3.05, 3.63) is 17.0 Å². The number of ether oxygens (including phenoxy) is 2. The number of carbonyl (C=O) groups excluding carboxylic acids is 1. The molecule has 2 heterocycles. The highest BCUT2D eigenvalue weighted by Gasteiger charge is 2.39. The maximum Gasteiger partial charge on any atom is 0.226 e. The Balaban J connectivity index is 1.56. The van der Waals surface area contributed by atoms with Crippen LogP contribution in [0.5, 0.6) is 0 Å². The van der Waals surface area contributed by atoms with Crippen molar-refractivity contribution in [1.82, 2.24) is 24.9 Å². The van der Waals surface area contributed by atoms with E-state index in [1.165, 1.54) is 36.2 Å². The molecule has 0 bridgehead atoms. The Morgan fingerprint density at radius 1 is 1.08 bits per heavy atom. The smallest absolute Gasteiger partial charge is 0.226 e. The third-order valence-electron chi connectivity index (χ3n) is 8.88. The van der Waals surface area contributed by atoms with Crippen LogP contribution in [0, 0.1) is 11.3 Å². The molecule has 2 saturated carbocycles. The van der Waals surface area contributed by atoms with Crippen LogP contribution >= 0.6 is 0 Å². The van der Waals surface area contributed by atoms with Gasteiger partial charge in [0, 0.05) is 57.3 Å². The molecule has 8 heteroatoms. The Labute approximate surface area is 218 Å². The lowest BCUT2D eigenvalue weighted by atomic mass is 9.69. The van der Waals surface area contributed by atoms with Gasteiger partial charge in [-0.25, -0.2) is 0 Å². The fraction of sp³-hybridized carbons (Fsp3) is 0.857. The van der Waals surface area contributed by atoms with Crippen LogP contribution < -0.4 is 5.32 Å². The SMILES string of the molecule is CNCCN(C)Cc1nn2c(c1C1CCC(COC)(COC)CC1)CN(C(=O)C1CCCCC1)CC2. The molecule has 2 fully saturated rings. The molecule has 4 rings (SSSR count). The van der Waals surface area contributed by atoms with Crippen LogP contribution in [0.15, 0.2) is 0 Å². The highest BCUT2D eigenvalue weighted by molar-refractivity contribution is 5.79. The van der Waals surface area contributed by atoms with Gasteiger partial charge in [-0.2, -0.15) is 5.10 Å². The summed E-state index contributed by atoms with van der Waals surface area (Å²) in [6.07, 6.45) is 10.2. The van der Waals surface area contributed by atoms with Gasteiger partial charge in [-0.3, -0.25) is 14.4 Å². The standard InChI is InChI=1S/C28H49N5O3/c1-29-14-15-31(2)18-24-26(22-10-12-28(13-11-22,20-35-3)21-36-4)25-19-32(16-17-33(25)30-24)27(34)23-8-6-5-7-9-23/h22-23,29H,5-21H2,1-4H3. The summed E-state index contributed by atoms with van der Waals surface area (Å²) in [6.45, 7) is 6.62. The van der Waals surface area contributed by atoms with Crippen molar-refractivity contribution in [3.8, 4) is 0 Å². The van der Waals surface area contributed by atoms with Crippen LogP contribution in [0.25, 0.3) is 0 Å². The fourth-order valence-corrected chi connectivity index (χ4v) is 6.88. The molecule has 1 aromatic heterocycles. The van der Waals surface area contributed by atoms with Gasteiger partial charge in [0.15, 0.2) is 0 Å². The zero-order valence-electron chi connectivity index (χ0n) is 23.2. The summed E-state index contributed by atoms with van der Waals surface area (Å²) in [5.74, 6) is 1.08. The van der Waals surface area contributed by atoms with E-state index in [1.54, 1.807) is 14.2 Å². The van der Waals surface area contributed by atoms with E-state index in [0.29, 0.717) is 11.8 Å². The van der Waals surface area contributed by atoms with Gasteiger partial charge in [-0.1, -0.05) is 19.3 Å². The van der Waals surface area contributed by atoms with Crippen LogP contribution in [-0.4, -0.2) is 86.7 Å². The summed E-state index contributed by atoms with van der Waals surface area (Å²) in [5.41, 5.74) is 4.04. The maximum atomic E-state index is 13.4. The highest BCUT2D eigenvalue weighted by atomic mass is 16.5. The molecule has 1 N–H and O–H groups in total. The molecule has 0 aromatic carbocycles. The summed E-state index contributed by atoms with van der Waals surface area (Å²) in [7, 11) is 7.78. The van der Waals surface area contributed by atoms with E-state index in [4.69, 9.17) is 14.6 Å². The normalized spacial score (nSPS) is 21.2. The molecule has 204 valence electrons. The zero-order valence-corrected chi connectivity index (χ0v) is 23.2. The fourth-order valence-electron chi connectivity index (χ4n) is 6.88. The van der Waals surface area contributed by atoms with E-state index in [1.807, 2.05) is 7.05 Å². The topological polar surface area (TPSA) is 71.9 Å². The number of aromatic nitrogens is 2. The number of nitrogens with zero attached hydrogens (tertiary/aromatic N) is 4. The monoisotopic (exact) mass is 503 g/mol. The molecule has 0 unspecified atom stereocenters. The predicted molar refractivity (Wildman–Crippen MR) is 142 cm³/mol. The first-order valence-electron chi connectivity index (χ1n) is 14.2. The minimum atomic E-state index is 0.111. The molecule has 2 aliphatic carbocycles. The van der Waals surface area contributed by atoms with Crippen LogP contribution in [0.2, 0.25) is 0 Å². The number of rotatable bonds is 11. The van der Waals surface area contributed by atoms with Crippen LogP contribution in [0.3, 0.4) is 0 Å². The van der Waals surface area contributed by atoms with Crippen molar-refractivity contribution >= 4 is 5.91 Å². The van der Waals surface area contributed by atoms with E-state index in [9.17, 15) is 4.79 Å². The predicted octanol–water partition coefficient (Wildman–Crippen LogP) is 3.39. The van der Waals surface area contributed by atoms with Crippen LogP contribution in [-0.2, 0) is 33.9 Å². The van der Waals surface area contributed by atoms with Crippen molar-refractivity contribution in [2.75, 3.05) is 61.2 Å². The second-order valence-corrected chi connectivity index (χ2v) is 11.6. The second kappa shape index (κ2) is 12.9. The summed E-state index contributed by atoms with van der Waals surface area (Å²) in [5, 5.41) is 8.41. The molecule has 1 aliphatic heterocycles. The molecule has 36 heavy (non-hydrogen) atoms. The van der Waals surface area contributed by atoms with Crippen molar-refractivity contribution in [2.45, 2.75) is 83.3 Å². The summed E-state index contributed by atoms with van der Waals surface area (Å²) in [4.78, 5) is 17.9. The summed E-state index contributed by atoms with van der Waals surface area (Å²) >= 11 is 0. The Morgan fingerprint density at radius 2 is 1.78 bits per heavy atom. The number of fused-ring (bicyclic) bond motifs is 1. The average Bonchev–Trinajstić information content (AvgIpc) is 3.25. The quantitative estimate of drug-likeness (QED) is 0.499. The number of amides is 1. The van der Waals surface area contributed by atoms with Gasteiger partial charge in [0.25, 0.3) is 0 Å². The Bertz CT molecular complexity index is 834. The number of nitrogens with one attached hydrogen (secondary N) is 1. The first-order chi connectivity index (χ1) is 17.5. The van der Waals surface area contributed by atoms with Crippen LogP contribution in [0.4, 0.5) is 0 Å². The van der Waals surface area contributed by atoms with Crippen LogP contribution in [0.1, 0.15) is 80.7 Å². The van der Waals surface area contributed by atoms with Gasteiger partial charge >= 0.3 is 0 Å². The van der Waals surface area contributed by atoms with Crippen molar-refractivity contribution in [3.63, 3.8) is 0 Å². The lowest BCUT2D eigenvalue weighted by molar-refractivity contribution is -0.138. The summed E-state index contributed by atoms with van der Waals surface area (Å²) < 4.78 is 13.5. The maximum absolute atomic E-state index is 13.4. The minimum absolute atomic E-state index is 0.111. The first-order valence-corrected chi connectivity index (χ1v) is 14.2. The van der Waals surface area contributed by atoms with E-state index in [2.05, 4.69) is 26.8 Å². The Hall–Kier alpha value is -1.48. The largest absolute Gasteiger partial charge is 0.384 e. The third-order valence-corrected chi connectivity index (χ3v) is 8.88. The number of carbonyl (C=O) groups is 1. The second-order valence-electron chi connectivity index (χ2n) is 11.6. The zero-order chi connectivity index (χ0) is 25.5. The average molecular weight is 504 g/mol. The highest BCUT2D eigenvalue weighted by Crippen LogP contribution is 2.45. The lowest BCUT2D eigenvalue weighted by Crippen LogP contribution is -2.42. The molecule has 0 saturated heterocycles. The Kier molecular flexibility index (Phi) is 9.84. The summed E-state index contributed by atoms with van der Waals surface area (Å²) in [6, 6.07) is 0.